The smallest absolute Gasteiger partial charge is 0.162 e. The molecule has 1 aliphatic heterocycles. The zero-order chi connectivity index (χ0) is 16.2. The Hall–Kier alpha value is -2.44. The third-order valence-electron chi connectivity index (χ3n) is 3.52. The summed E-state index contributed by atoms with van der Waals surface area (Å²) in [6, 6.07) is 8.56. The third-order valence-corrected chi connectivity index (χ3v) is 4.62. The molecule has 0 aliphatic carbocycles. The molecule has 0 fully saturated rings. The van der Waals surface area contributed by atoms with Crippen LogP contribution in [0.25, 0.3) is 5.57 Å². The van der Waals surface area contributed by atoms with Gasteiger partial charge >= 0.3 is 0 Å². The molecule has 1 aromatic heterocycles. The van der Waals surface area contributed by atoms with E-state index in [0.29, 0.717) is 17.2 Å². The summed E-state index contributed by atoms with van der Waals surface area (Å²) in [5.74, 6) is 0.208. The summed E-state index contributed by atoms with van der Waals surface area (Å²) in [6.45, 7) is 2.60. The summed E-state index contributed by atoms with van der Waals surface area (Å²) >= 11 is 1.42. The molecule has 118 valence electrons. The Bertz CT molecular complexity index is 763. The highest BCUT2D eigenvalue weighted by Crippen LogP contribution is 2.36. The molecule has 1 aromatic carbocycles. The predicted octanol–water partition coefficient (Wildman–Crippen LogP) is 3.84. The molecule has 2 heterocycles. The van der Waals surface area contributed by atoms with Crippen molar-refractivity contribution < 1.29 is 14.6 Å². The zero-order valence-corrected chi connectivity index (χ0v) is 13.3. The molecule has 0 radical (unpaired) electrons. The van der Waals surface area contributed by atoms with Gasteiger partial charge in [0.25, 0.3) is 0 Å². The molecule has 0 saturated carbocycles. The Morgan fingerprint density at radius 1 is 1.39 bits per heavy atom. The molecule has 0 spiro atoms. The van der Waals surface area contributed by atoms with Gasteiger partial charge in [0, 0.05) is 10.6 Å². The Morgan fingerprint density at radius 3 is 2.83 bits per heavy atom. The number of ether oxygens (including phenoxy) is 1. The van der Waals surface area contributed by atoms with E-state index in [9.17, 15) is 9.90 Å². The number of carbonyl (C=O) groups excluding carboxylic acids is 1. The monoisotopic (exact) mass is 328 g/mol. The molecule has 3 rings (SSSR count). The summed E-state index contributed by atoms with van der Waals surface area (Å²) in [6.07, 6.45) is 4.43. The molecule has 5 nitrogen and oxygen atoms in total. The van der Waals surface area contributed by atoms with Crippen molar-refractivity contribution in [2.75, 3.05) is 11.9 Å². The molecule has 23 heavy (non-hydrogen) atoms. The summed E-state index contributed by atoms with van der Waals surface area (Å²) in [5, 5.41) is 12.2. The van der Waals surface area contributed by atoms with Crippen LogP contribution >= 0.6 is 11.3 Å². The number of nitrogens with zero attached hydrogens (tertiary/aromatic N) is 1. The molecule has 6 heteroatoms. The second-order valence-electron chi connectivity index (χ2n) is 5.06. The number of benzene rings is 1. The standard InChI is InChI=1S/C17H16N2O3S/c1-11-14(6-7-22-11)16-8-15(17(9-20)23-16)19-10-18-12-2-4-13(21)5-3-12/h2-6,8-11,21H,7H2,1H3,(H,18,19). The van der Waals surface area contributed by atoms with E-state index in [1.165, 1.54) is 17.7 Å². The fraction of sp³-hybridized carbons (Fsp3) is 0.176. The number of phenolic OH excluding ortho intramolecular Hbond substituents is 1. The number of aromatic hydroxyl groups is 1. The topological polar surface area (TPSA) is 70.9 Å². The van der Waals surface area contributed by atoms with Gasteiger partial charge in [-0.3, -0.25) is 4.79 Å². The minimum absolute atomic E-state index is 0.0418. The van der Waals surface area contributed by atoms with Crippen LogP contribution in [0.1, 0.15) is 21.5 Å². The summed E-state index contributed by atoms with van der Waals surface area (Å²) in [7, 11) is 0. The van der Waals surface area contributed by atoms with Gasteiger partial charge in [-0.2, -0.15) is 0 Å². The molecular formula is C17H16N2O3S. The number of hydrogen-bond acceptors (Lipinski definition) is 5. The highest BCUT2D eigenvalue weighted by Gasteiger charge is 2.20. The highest BCUT2D eigenvalue weighted by atomic mass is 32.1. The molecule has 1 atom stereocenters. The number of nitrogens with one attached hydrogen (secondary N) is 1. The number of anilines is 1. The zero-order valence-electron chi connectivity index (χ0n) is 12.5. The SMILES string of the molecule is CC1OCC=C1c1cc(/N=C\Nc2ccc(O)cc2)c(C=O)s1. The van der Waals surface area contributed by atoms with Gasteiger partial charge in [0.05, 0.1) is 29.6 Å². The van der Waals surface area contributed by atoms with Crippen LogP contribution in [-0.2, 0) is 4.74 Å². The first-order valence-electron chi connectivity index (χ1n) is 7.16. The van der Waals surface area contributed by atoms with Crippen LogP contribution < -0.4 is 5.32 Å². The quantitative estimate of drug-likeness (QED) is 0.379. The second kappa shape index (κ2) is 6.76. The van der Waals surface area contributed by atoms with Crippen molar-refractivity contribution in [3.8, 4) is 5.75 Å². The van der Waals surface area contributed by atoms with Crippen molar-refractivity contribution in [3.05, 3.63) is 46.2 Å². The maximum absolute atomic E-state index is 11.2. The fourth-order valence-electron chi connectivity index (χ4n) is 2.30. The van der Waals surface area contributed by atoms with Crippen molar-refractivity contribution >= 4 is 40.9 Å². The maximum Gasteiger partial charge on any atom is 0.162 e. The molecule has 2 N–H and O–H groups in total. The number of aldehydes is 1. The first kappa shape index (κ1) is 15.5. The fourth-order valence-corrected chi connectivity index (χ4v) is 3.33. The Labute approximate surface area is 138 Å². The Morgan fingerprint density at radius 2 is 2.17 bits per heavy atom. The van der Waals surface area contributed by atoms with E-state index in [0.717, 1.165) is 22.4 Å². The first-order valence-corrected chi connectivity index (χ1v) is 7.98. The molecule has 1 aliphatic rings. The summed E-state index contributed by atoms with van der Waals surface area (Å²) in [4.78, 5) is 17.2. The van der Waals surface area contributed by atoms with Gasteiger partial charge in [0.2, 0.25) is 0 Å². The average molecular weight is 328 g/mol. The van der Waals surface area contributed by atoms with Crippen LogP contribution in [0.3, 0.4) is 0 Å². The minimum atomic E-state index is 0.0418. The van der Waals surface area contributed by atoms with E-state index in [-0.39, 0.29) is 11.9 Å². The van der Waals surface area contributed by atoms with Gasteiger partial charge in [-0.05, 0) is 42.8 Å². The largest absolute Gasteiger partial charge is 0.508 e. The lowest BCUT2D eigenvalue weighted by molar-refractivity contribution is 0.112. The number of hydrogen-bond donors (Lipinski definition) is 2. The Balaban J connectivity index is 1.76. The van der Waals surface area contributed by atoms with Crippen LogP contribution in [0, 0.1) is 0 Å². The number of carbonyl (C=O) groups is 1. The first-order chi connectivity index (χ1) is 11.2. The number of aliphatic imine (C=N–C) groups is 1. The van der Waals surface area contributed by atoms with Gasteiger partial charge in [0.15, 0.2) is 6.29 Å². The maximum atomic E-state index is 11.2. The number of rotatable bonds is 5. The predicted molar refractivity (Wildman–Crippen MR) is 93.0 cm³/mol. The molecule has 0 amide bonds. The van der Waals surface area contributed by atoms with Crippen molar-refractivity contribution in [3.63, 3.8) is 0 Å². The summed E-state index contributed by atoms with van der Waals surface area (Å²) < 4.78 is 5.51. The normalized spacial score (nSPS) is 17.4. The van der Waals surface area contributed by atoms with Crippen LogP contribution in [0.4, 0.5) is 11.4 Å². The van der Waals surface area contributed by atoms with E-state index in [2.05, 4.69) is 10.3 Å². The van der Waals surface area contributed by atoms with Gasteiger partial charge in [-0.1, -0.05) is 6.08 Å². The molecular weight excluding hydrogens is 312 g/mol. The molecule has 2 aromatic rings. The highest BCUT2D eigenvalue weighted by molar-refractivity contribution is 7.15. The van der Waals surface area contributed by atoms with E-state index in [4.69, 9.17) is 4.74 Å². The number of thiophene rings is 1. The lowest BCUT2D eigenvalue weighted by atomic mass is 10.1. The number of phenols is 1. The van der Waals surface area contributed by atoms with Crippen LogP contribution in [0.5, 0.6) is 5.75 Å². The molecule has 0 saturated heterocycles. The van der Waals surface area contributed by atoms with Crippen molar-refractivity contribution in [1.29, 1.82) is 0 Å². The van der Waals surface area contributed by atoms with Gasteiger partial charge in [-0.25, -0.2) is 4.99 Å². The molecule has 1 unspecified atom stereocenters. The Kier molecular flexibility index (Phi) is 4.55. The van der Waals surface area contributed by atoms with Crippen LogP contribution in [0.2, 0.25) is 0 Å². The van der Waals surface area contributed by atoms with Crippen LogP contribution in [0.15, 0.2) is 41.4 Å². The third kappa shape index (κ3) is 3.49. The van der Waals surface area contributed by atoms with E-state index in [1.807, 2.05) is 19.1 Å². The minimum Gasteiger partial charge on any atom is -0.508 e. The molecule has 0 bridgehead atoms. The second-order valence-corrected chi connectivity index (χ2v) is 6.15. The van der Waals surface area contributed by atoms with E-state index >= 15 is 0 Å². The lowest BCUT2D eigenvalue weighted by Gasteiger charge is -2.05. The van der Waals surface area contributed by atoms with E-state index in [1.54, 1.807) is 24.3 Å². The van der Waals surface area contributed by atoms with Crippen LogP contribution in [-0.4, -0.2) is 30.4 Å². The van der Waals surface area contributed by atoms with Gasteiger partial charge in [-0.15, -0.1) is 11.3 Å². The van der Waals surface area contributed by atoms with Crippen molar-refractivity contribution in [2.45, 2.75) is 13.0 Å². The average Bonchev–Trinajstić information content (AvgIpc) is 3.15. The van der Waals surface area contributed by atoms with E-state index < -0.39 is 0 Å². The van der Waals surface area contributed by atoms with Crippen molar-refractivity contribution in [1.82, 2.24) is 0 Å². The summed E-state index contributed by atoms with van der Waals surface area (Å²) in [5.41, 5.74) is 2.53. The van der Waals surface area contributed by atoms with Crippen molar-refractivity contribution in [2.24, 2.45) is 4.99 Å². The van der Waals surface area contributed by atoms with Gasteiger partial charge in [0.1, 0.15) is 5.75 Å². The lowest BCUT2D eigenvalue weighted by Crippen LogP contribution is -2.01. The van der Waals surface area contributed by atoms with Gasteiger partial charge < -0.3 is 15.2 Å².